The Morgan fingerprint density at radius 1 is 1.21 bits per heavy atom. The van der Waals surface area contributed by atoms with Crippen LogP contribution in [0.2, 0.25) is 0 Å². The van der Waals surface area contributed by atoms with Gasteiger partial charge in [-0.25, -0.2) is 0 Å². The number of amides is 1. The van der Waals surface area contributed by atoms with Crippen LogP contribution in [0.4, 0.5) is 0 Å². The molecule has 148 valence electrons. The lowest BCUT2D eigenvalue weighted by Crippen LogP contribution is -2.48. The molecule has 1 aliphatic carbocycles. The van der Waals surface area contributed by atoms with Crippen LogP contribution in [0.15, 0.2) is 35.1 Å². The number of benzene rings is 1. The van der Waals surface area contributed by atoms with Gasteiger partial charge >= 0.3 is 0 Å². The zero-order valence-corrected chi connectivity index (χ0v) is 16.2. The Morgan fingerprint density at radius 2 is 1.89 bits per heavy atom. The summed E-state index contributed by atoms with van der Waals surface area (Å²) in [7, 11) is 1.55. The third kappa shape index (κ3) is 3.71. The second kappa shape index (κ2) is 7.59. The van der Waals surface area contributed by atoms with Gasteiger partial charge in [0.1, 0.15) is 11.3 Å². The summed E-state index contributed by atoms with van der Waals surface area (Å²) >= 11 is 0. The summed E-state index contributed by atoms with van der Waals surface area (Å²) in [5, 5.41) is 12.1. The first-order chi connectivity index (χ1) is 13.3. The van der Waals surface area contributed by atoms with Crippen molar-refractivity contribution in [3.05, 3.63) is 57.5 Å². The molecule has 1 aliphatic rings. The van der Waals surface area contributed by atoms with Crippen molar-refractivity contribution in [2.75, 3.05) is 13.7 Å². The van der Waals surface area contributed by atoms with Gasteiger partial charge in [0.15, 0.2) is 5.78 Å². The molecule has 2 N–H and O–H groups in total. The van der Waals surface area contributed by atoms with Crippen molar-refractivity contribution in [2.24, 2.45) is 0 Å². The third-order valence-electron chi connectivity index (χ3n) is 4.84. The lowest BCUT2D eigenvalue weighted by molar-refractivity contribution is 0.0867. The van der Waals surface area contributed by atoms with Gasteiger partial charge in [0.2, 0.25) is 0 Å². The molecule has 0 spiro atoms. The molecule has 0 radical (unpaired) electrons. The molecule has 28 heavy (non-hydrogen) atoms. The van der Waals surface area contributed by atoms with E-state index in [0.29, 0.717) is 42.0 Å². The highest BCUT2D eigenvalue weighted by Gasteiger charge is 2.28. The van der Waals surface area contributed by atoms with Crippen molar-refractivity contribution in [3.8, 4) is 11.4 Å². The molecule has 0 atom stereocenters. The molecular formula is C21H24N2O5. The molecule has 1 heterocycles. The maximum absolute atomic E-state index is 13.2. The fraction of sp³-hybridized carbons (Fsp3) is 0.381. The summed E-state index contributed by atoms with van der Waals surface area (Å²) in [5.74, 6) is -0.0631. The van der Waals surface area contributed by atoms with Gasteiger partial charge < -0.3 is 15.2 Å². The van der Waals surface area contributed by atoms with Gasteiger partial charge in [-0.15, -0.1) is 0 Å². The molecule has 0 unspecified atom stereocenters. The minimum absolute atomic E-state index is 0.0843. The number of aliphatic hydroxyl groups is 1. The Bertz CT molecular complexity index is 974. The molecule has 0 aliphatic heterocycles. The second-order valence-corrected chi connectivity index (χ2v) is 7.53. The normalized spacial score (nSPS) is 13.8. The number of aromatic nitrogens is 1. The van der Waals surface area contributed by atoms with Gasteiger partial charge in [0.05, 0.1) is 19.3 Å². The number of rotatable bonds is 5. The van der Waals surface area contributed by atoms with Gasteiger partial charge in [-0.1, -0.05) is 0 Å². The summed E-state index contributed by atoms with van der Waals surface area (Å²) in [4.78, 5) is 38.5. The van der Waals surface area contributed by atoms with Gasteiger partial charge in [-0.2, -0.15) is 0 Å². The van der Waals surface area contributed by atoms with Crippen LogP contribution in [0.25, 0.3) is 5.69 Å². The highest BCUT2D eigenvalue weighted by Crippen LogP contribution is 2.24. The first-order valence-electron chi connectivity index (χ1n) is 9.17. The maximum Gasteiger partial charge on any atom is 0.268 e. The highest BCUT2D eigenvalue weighted by atomic mass is 16.5. The quantitative estimate of drug-likeness (QED) is 0.820. The largest absolute Gasteiger partial charge is 0.497 e. The number of fused-ring (bicyclic) bond motifs is 1. The number of hydrogen-bond acceptors (Lipinski definition) is 5. The van der Waals surface area contributed by atoms with Crippen molar-refractivity contribution in [2.45, 2.75) is 38.6 Å². The summed E-state index contributed by atoms with van der Waals surface area (Å²) in [6, 6.07) is 8.28. The lowest BCUT2D eigenvalue weighted by Gasteiger charge is -2.25. The van der Waals surface area contributed by atoms with E-state index >= 15 is 0 Å². The van der Waals surface area contributed by atoms with Crippen LogP contribution < -0.4 is 15.6 Å². The number of ether oxygens (including phenoxy) is 1. The highest BCUT2D eigenvalue weighted by molar-refractivity contribution is 6.02. The Labute approximate surface area is 163 Å². The van der Waals surface area contributed by atoms with E-state index in [1.165, 1.54) is 10.6 Å². The van der Waals surface area contributed by atoms with Crippen molar-refractivity contribution in [3.63, 3.8) is 0 Å². The maximum atomic E-state index is 13.2. The lowest BCUT2D eigenvalue weighted by atomic mass is 9.92. The number of nitrogens with one attached hydrogen (secondary N) is 1. The predicted octanol–water partition coefficient (Wildman–Crippen LogP) is 1.87. The Hall–Kier alpha value is -2.93. The van der Waals surface area contributed by atoms with E-state index in [0.717, 1.165) is 0 Å². The molecule has 7 nitrogen and oxygen atoms in total. The van der Waals surface area contributed by atoms with Crippen LogP contribution in [0.3, 0.4) is 0 Å². The van der Waals surface area contributed by atoms with Gasteiger partial charge in [-0.3, -0.25) is 19.0 Å². The summed E-state index contributed by atoms with van der Waals surface area (Å²) in [6.45, 7) is 3.02. The Kier molecular flexibility index (Phi) is 5.38. The van der Waals surface area contributed by atoms with Gasteiger partial charge in [0.25, 0.3) is 11.5 Å². The SMILES string of the molecule is COc1ccc(-n2c3c(cc(C(=O)NC(C)(C)CO)c2=O)C(=O)CCC3)cc1. The Morgan fingerprint density at radius 3 is 2.50 bits per heavy atom. The molecular weight excluding hydrogens is 360 g/mol. The second-order valence-electron chi connectivity index (χ2n) is 7.53. The molecule has 0 saturated carbocycles. The fourth-order valence-electron chi connectivity index (χ4n) is 3.27. The number of aliphatic hydroxyl groups excluding tert-OH is 1. The van der Waals surface area contributed by atoms with E-state index in [1.54, 1.807) is 45.2 Å². The van der Waals surface area contributed by atoms with E-state index in [-0.39, 0.29) is 18.0 Å². The first-order valence-corrected chi connectivity index (χ1v) is 9.17. The Balaban J connectivity index is 2.20. The number of pyridine rings is 1. The zero-order valence-electron chi connectivity index (χ0n) is 16.2. The fourth-order valence-corrected chi connectivity index (χ4v) is 3.27. The van der Waals surface area contributed by atoms with Crippen LogP contribution in [0.5, 0.6) is 5.75 Å². The van der Waals surface area contributed by atoms with E-state index < -0.39 is 17.0 Å². The molecule has 1 aromatic heterocycles. The molecule has 2 aromatic rings. The van der Waals surface area contributed by atoms with Crippen LogP contribution in [-0.4, -0.2) is 40.6 Å². The number of carbonyl (C=O) groups is 2. The average Bonchev–Trinajstić information content (AvgIpc) is 2.67. The summed E-state index contributed by atoms with van der Waals surface area (Å²) < 4.78 is 6.60. The molecule has 1 amide bonds. The number of hydrogen-bond donors (Lipinski definition) is 2. The van der Waals surface area contributed by atoms with E-state index in [1.807, 2.05) is 0 Å². The number of nitrogens with zero attached hydrogens (tertiary/aromatic N) is 1. The van der Waals surface area contributed by atoms with Crippen molar-refractivity contribution in [1.29, 1.82) is 0 Å². The van der Waals surface area contributed by atoms with E-state index in [4.69, 9.17) is 4.74 Å². The van der Waals surface area contributed by atoms with Crippen LogP contribution in [-0.2, 0) is 6.42 Å². The minimum Gasteiger partial charge on any atom is -0.497 e. The number of ketones is 1. The van der Waals surface area contributed by atoms with E-state index in [9.17, 15) is 19.5 Å². The van der Waals surface area contributed by atoms with Crippen molar-refractivity contribution in [1.82, 2.24) is 9.88 Å². The topological polar surface area (TPSA) is 97.6 Å². The molecule has 1 aromatic carbocycles. The van der Waals surface area contributed by atoms with Crippen molar-refractivity contribution < 1.29 is 19.4 Å². The van der Waals surface area contributed by atoms with Crippen LogP contribution in [0, 0.1) is 0 Å². The van der Waals surface area contributed by atoms with E-state index in [2.05, 4.69) is 5.32 Å². The average molecular weight is 384 g/mol. The molecule has 0 fully saturated rings. The molecule has 0 bridgehead atoms. The third-order valence-corrected chi connectivity index (χ3v) is 4.84. The molecule has 0 saturated heterocycles. The smallest absolute Gasteiger partial charge is 0.268 e. The number of Topliss-reactive ketones (excluding diaryl/α,β-unsaturated/α-hetero) is 1. The summed E-state index contributed by atoms with van der Waals surface area (Å²) in [5.41, 5.74) is 0.0657. The van der Waals surface area contributed by atoms with Crippen LogP contribution >= 0.6 is 0 Å². The standard InChI is InChI=1S/C21H24N2O5/c1-21(2,12-24)22-19(26)16-11-15-17(5-4-6-18(15)25)23(20(16)27)13-7-9-14(28-3)10-8-13/h7-11,24H,4-6,12H2,1-3H3,(H,22,26). The number of carbonyl (C=O) groups excluding carboxylic acids is 2. The summed E-state index contributed by atoms with van der Waals surface area (Å²) in [6.07, 6.45) is 1.62. The molecule has 7 heteroatoms. The zero-order chi connectivity index (χ0) is 20.5. The minimum atomic E-state index is -0.894. The molecule has 3 rings (SSSR count). The first kappa shape index (κ1) is 19.8. The van der Waals surface area contributed by atoms with Gasteiger partial charge in [-0.05, 0) is 57.0 Å². The van der Waals surface area contributed by atoms with Crippen LogP contribution in [0.1, 0.15) is 53.1 Å². The monoisotopic (exact) mass is 384 g/mol. The van der Waals surface area contributed by atoms with Gasteiger partial charge in [0, 0.05) is 23.4 Å². The predicted molar refractivity (Wildman–Crippen MR) is 104 cm³/mol. The number of methoxy groups -OCH3 is 1. The van der Waals surface area contributed by atoms with Crippen molar-refractivity contribution >= 4 is 11.7 Å².